The zero-order chi connectivity index (χ0) is 13.9. The number of amides is 1. The molecular formula is C15H13FN2O2. The van der Waals surface area contributed by atoms with Crippen LogP contribution in [0.15, 0.2) is 42.6 Å². The van der Waals surface area contributed by atoms with Crippen molar-refractivity contribution in [3.05, 3.63) is 59.5 Å². The molecule has 1 atom stereocenters. The lowest BCUT2D eigenvalue weighted by molar-refractivity contribution is -0.128. The van der Waals surface area contributed by atoms with Crippen LogP contribution in [-0.2, 0) is 16.0 Å². The molecule has 0 saturated heterocycles. The first-order chi connectivity index (χ1) is 9.75. The predicted octanol–water partition coefficient (Wildman–Crippen LogP) is 2.47. The van der Waals surface area contributed by atoms with Crippen LogP contribution in [0.3, 0.4) is 0 Å². The van der Waals surface area contributed by atoms with Crippen LogP contribution in [-0.4, -0.2) is 17.5 Å². The van der Waals surface area contributed by atoms with E-state index >= 15 is 0 Å². The van der Waals surface area contributed by atoms with Crippen molar-refractivity contribution in [1.82, 2.24) is 4.98 Å². The quantitative estimate of drug-likeness (QED) is 0.913. The summed E-state index contributed by atoms with van der Waals surface area (Å²) in [4.78, 5) is 16.0. The Kier molecular flexibility index (Phi) is 3.43. The highest BCUT2D eigenvalue weighted by Gasteiger charge is 2.27. The van der Waals surface area contributed by atoms with Crippen molar-refractivity contribution in [3.8, 4) is 0 Å². The summed E-state index contributed by atoms with van der Waals surface area (Å²) >= 11 is 0. The number of nitrogens with one attached hydrogen (secondary N) is 1. The van der Waals surface area contributed by atoms with Crippen molar-refractivity contribution in [3.63, 3.8) is 0 Å². The molecule has 1 aromatic carbocycles. The first-order valence-electron chi connectivity index (χ1n) is 6.36. The third-order valence-corrected chi connectivity index (χ3v) is 3.23. The molecule has 0 unspecified atom stereocenters. The van der Waals surface area contributed by atoms with Crippen molar-refractivity contribution in [2.24, 2.45) is 0 Å². The van der Waals surface area contributed by atoms with Gasteiger partial charge in [0.15, 0.2) is 17.7 Å². The number of halogens is 1. The van der Waals surface area contributed by atoms with E-state index in [-0.39, 0.29) is 5.82 Å². The molecule has 2 aromatic rings. The number of fused-ring (bicyclic) bond motifs is 1. The number of hydrogen-bond donors (Lipinski definition) is 1. The van der Waals surface area contributed by atoms with Crippen LogP contribution in [0.25, 0.3) is 0 Å². The van der Waals surface area contributed by atoms with Gasteiger partial charge in [0.1, 0.15) is 0 Å². The molecule has 1 aliphatic heterocycles. The van der Waals surface area contributed by atoms with Crippen molar-refractivity contribution in [2.45, 2.75) is 12.5 Å². The van der Waals surface area contributed by atoms with Gasteiger partial charge < -0.3 is 10.1 Å². The van der Waals surface area contributed by atoms with E-state index in [1.165, 1.54) is 18.3 Å². The zero-order valence-corrected chi connectivity index (χ0v) is 10.7. The van der Waals surface area contributed by atoms with Crippen molar-refractivity contribution in [2.75, 3.05) is 11.9 Å². The van der Waals surface area contributed by atoms with E-state index in [1.54, 1.807) is 0 Å². The van der Waals surface area contributed by atoms with Gasteiger partial charge in [-0.05, 0) is 29.7 Å². The van der Waals surface area contributed by atoms with Gasteiger partial charge in [-0.2, -0.15) is 0 Å². The van der Waals surface area contributed by atoms with Crippen molar-refractivity contribution >= 4 is 11.7 Å². The highest BCUT2D eigenvalue weighted by atomic mass is 19.1. The summed E-state index contributed by atoms with van der Waals surface area (Å²) in [6.07, 6.45) is 1.48. The van der Waals surface area contributed by atoms with E-state index in [4.69, 9.17) is 4.74 Å². The van der Waals surface area contributed by atoms with Gasteiger partial charge in [0.25, 0.3) is 5.91 Å². The minimum atomic E-state index is -0.721. The fourth-order valence-corrected chi connectivity index (χ4v) is 2.27. The Balaban J connectivity index is 1.84. The van der Waals surface area contributed by atoms with Gasteiger partial charge in [-0.15, -0.1) is 0 Å². The number of carbonyl (C=O) groups excluding carboxylic acids is 1. The van der Waals surface area contributed by atoms with Crippen LogP contribution in [0.1, 0.15) is 17.2 Å². The van der Waals surface area contributed by atoms with E-state index in [0.29, 0.717) is 6.61 Å². The highest BCUT2D eigenvalue weighted by molar-refractivity contribution is 5.94. The second-order valence-corrected chi connectivity index (χ2v) is 4.52. The smallest absolute Gasteiger partial charge is 0.259 e. The van der Waals surface area contributed by atoms with E-state index in [2.05, 4.69) is 10.3 Å². The minimum Gasteiger partial charge on any atom is -0.363 e. The number of nitrogens with zero attached hydrogens (tertiary/aromatic N) is 1. The maximum absolute atomic E-state index is 13.5. The van der Waals surface area contributed by atoms with Gasteiger partial charge >= 0.3 is 0 Å². The minimum absolute atomic E-state index is 0.0795. The van der Waals surface area contributed by atoms with Gasteiger partial charge in [-0.1, -0.05) is 24.3 Å². The number of benzene rings is 1. The van der Waals surface area contributed by atoms with Gasteiger partial charge in [0.2, 0.25) is 0 Å². The van der Waals surface area contributed by atoms with Crippen molar-refractivity contribution in [1.29, 1.82) is 0 Å². The fourth-order valence-electron chi connectivity index (χ4n) is 2.27. The first kappa shape index (κ1) is 12.7. The van der Waals surface area contributed by atoms with Crippen LogP contribution in [0, 0.1) is 5.82 Å². The topological polar surface area (TPSA) is 51.2 Å². The molecule has 0 spiro atoms. The molecule has 102 valence electrons. The first-order valence-corrected chi connectivity index (χ1v) is 6.36. The Morgan fingerprint density at radius 1 is 1.30 bits per heavy atom. The molecule has 3 rings (SSSR count). The molecule has 0 aliphatic carbocycles. The second-order valence-electron chi connectivity index (χ2n) is 4.52. The Labute approximate surface area is 115 Å². The van der Waals surface area contributed by atoms with Crippen LogP contribution >= 0.6 is 0 Å². The second kappa shape index (κ2) is 5.38. The summed E-state index contributed by atoms with van der Waals surface area (Å²) in [6, 6.07) is 10.3. The molecule has 4 nitrogen and oxygen atoms in total. The molecule has 1 aliphatic rings. The standard InChI is InChI=1S/C15H13FN2O2/c16-12-6-3-8-17-14(12)18-15(19)13-11-5-2-1-4-10(11)7-9-20-13/h1-6,8,13H,7,9H2,(H,17,18,19)/t13-/m1/s1. The van der Waals surface area contributed by atoms with E-state index in [0.717, 1.165) is 17.5 Å². The normalized spacial score (nSPS) is 17.4. The lowest BCUT2D eigenvalue weighted by atomic mass is 9.97. The third-order valence-electron chi connectivity index (χ3n) is 3.23. The maximum Gasteiger partial charge on any atom is 0.259 e. The number of aromatic nitrogens is 1. The number of hydrogen-bond acceptors (Lipinski definition) is 3. The van der Waals surface area contributed by atoms with E-state index in [1.807, 2.05) is 24.3 Å². The number of pyridine rings is 1. The summed E-state index contributed by atoms with van der Waals surface area (Å²) in [5, 5.41) is 2.47. The Morgan fingerprint density at radius 2 is 2.15 bits per heavy atom. The molecule has 0 fully saturated rings. The van der Waals surface area contributed by atoms with Gasteiger partial charge in [-0.25, -0.2) is 9.37 Å². The summed E-state index contributed by atoms with van der Waals surface area (Å²) in [5.74, 6) is -1.05. The number of ether oxygens (including phenoxy) is 1. The monoisotopic (exact) mass is 272 g/mol. The van der Waals surface area contributed by atoms with Crippen LogP contribution in [0.5, 0.6) is 0 Å². The van der Waals surface area contributed by atoms with E-state index < -0.39 is 17.8 Å². The maximum atomic E-state index is 13.5. The average molecular weight is 272 g/mol. The molecule has 2 heterocycles. The Hall–Kier alpha value is -2.27. The summed E-state index contributed by atoms with van der Waals surface area (Å²) in [5.41, 5.74) is 1.91. The largest absolute Gasteiger partial charge is 0.363 e. The van der Waals surface area contributed by atoms with E-state index in [9.17, 15) is 9.18 Å². The molecule has 1 amide bonds. The molecular weight excluding hydrogens is 259 g/mol. The molecule has 1 aromatic heterocycles. The molecule has 0 radical (unpaired) electrons. The Bertz CT molecular complexity index is 645. The number of carbonyl (C=O) groups is 1. The number of anilines is 1. The number of rotatable bonds is 2. The molecule has 20 heavy (non-hydrogen) atoms. The average Bonchev–Trinajstić information content (AvgIpc) is 2.49. The van der Waals surface area contributed by atoms with Crippen LogP contribution in [0.2, 0.25) is 0 Å². The van der Waals surface area contributed by atoms with Gasteiger partial charge in [0.05, 0.1) is 6.61 Å². The highest BCUT2D eigenvalue weighted by Crippen LogP contribution is 2.28. The Morgan fingerprint density at radius 3 is 3.00 bits per heavy atom. The molecule has 0 bridgehead atoms. The summed E-state index contributed by atoms with van der Waals surface area (Å²) < 4.78 is 19.0. The van der Waals surface area contributed by atoms with Crippen LogP contribution in [0.4, 0.5) is 10.2 Å². The van der Waals surface area contributed by atoms with Gasteiger partial charge in [-0.3, -0.25) is 4.79 Å². The lowest BCUT2D eigenvalue weighted by Crippen LogP contribution is -2.28. The molecule has 0 saturated carbocycles. The predicted molar refractivity (Wildman–Crippen MR) is 71.7 cm³/mol. The summed E-state index contributed by atoms with van der Waals surface area (Å²) in [6.45, 7) is 0.472. The van der Waals surface area contributed by atoms with Crippen LogP contribution < -0.4 is 5.32 Å². The summed E-state index contributed by atoms with van der Waals surface area (Å²) in [7, 11) is 0. The molecule has 1 N–H and O–H groups in total. The lowest BCUT2D eigenvalue weighted by Gasteiger charge is -2.25. The molecule has 5 heteroatoms. The van der Waals surface area contributed by atoms with Crippen molar-refractivity contribution < 1.29 is 13.9 Å². The fraction of sp³-hybridized carbons (Fsp3) is 0.200. The zero-order valence-electron chi connectivity index (χ0n) is 10.7. The van der Waals surface area contributed by atoms with Gasteiger partial charge in [0, 0.05) is 6.20 Å². The third kappa shape index (κ3) is 2.40. The SMILES string of the molecule is O=C(Nc1ncccc1F)[C@@H]1OCCc2ccccc21.